The molecule has 1 atom stereocenters. The lowest BCUT2D eigenvalue weighted by Crippen LogP contribution is -2.43. The summed E-state index contributed by atoms with van der Waals surface area (Å²) in [5, 5.41) is 6.17. The summed E-state index contributed by atoms with van der Waals surface area (Å²) >= 11 is 0. The molecule has 2 N–H and O–H groups in total. The van der Waals surface area contributed by atoms with E-state index in [2.05, 4.69) is 20.5 Å². The molecule has 0 aromatic heterocycles. The lowest BCUT2D eigenvalue weighted by atomic mass is 10.1. The van der Waals surface area contributed by atoms with Gasteiger partial charge in [-0.1, -0.05) is 13.8 Å². The summed E-state index contributed by atoms with van der Waals surface area (Å²) in [6, 6.07) is 0. The Kier molecular flexibility index (Phi) is 10.8. The number of rotatable bonds is 6. The van der Waals surface area contributed by atoms with Gasteiger partial charge in [0.1, 0.15) is 0 Å². The van der Waals surface area contributed by atoms with E-state index in [4.69, 9.17) is 4.74 Å². The van der Waals surface area contributed by atoms with E-state index in [1.165, 1.54) is 0 Å². The van der Waals surface area contributed by atoms with Crippen LogP contribution in [0, 0.1) is 11.8 Å². The average Bonchev–Trinajstić information content (AvgIpc) is 2.87. The number of carbonyl (C=O) groups is 1. The minimum Gasteiger partial charge on any atom is -0.384 e. The molecule has 1 aliphatic heterocycles. The van der Waals surface area contributed by atoms with E-state index in [1.54, 1.807) is 14.2 Å². The molecule has 21 heavy (non-hydrogen) atoms. The summed E-state index contributed by atoms with van der Waals surface area (Å²) in [4.78, 5) is 18.0. The predicted octanol–water partition coefficient (Wildman–Crippen LogP) is 0.920. The van der Waals surface area contributed by atoms with Crippen LogP contribution in [0.15, 0.2) is 4.99 Å². The van der Waals surface area contributed by atoms with Gasteiger partial charge in [-0.3, -0.25) is 9.79 Å². The molecular formula is C14H29IN4O2. The topological polar surface area (TPSA) is 66.0 Å². The van der Waals surface area contributed by atoms with Crippen LogP contribution in [0.25, 0.3) is 0 Å². The summed E-state index contributed by atoms with van der Waals surface area (Å²) in [5.41, 5.74) is 0. The highest BCUT2D eigenvalue weighted by Crippen LogP contribution is 2.16. The van der Waals surface area contributed by atoms with Crippen molar-refractivity contribution in [1.82, 2.24) is 15.5 Å². The van der Waals surface area contributed by atoms with Gasteiger partial charge < -0.3 is 20.3 Å². The van der Waals surface area contributed by atoms with Crippen molar-refractivity contribution >= 4 is 35.8 Å². The zero-order valence-corrected chi connectivity index (χ0v) is 15.8. The van der Waals surface area contributed by atoms with Crippen LogP contribution in [0.3, 0.4) is 0 Å². The van der Waals surface area contributed by atoms with Crippen LogP contribution in [0.5, 0.6) is 0 Å². The number of hydrogen-bond acceptors (Lipinski definition) is 3. The van der Waals surface area contributed by atoms with E-state index in [1.807, 2.05) is 13.8 Å². The van der Waals surface area contributed by atoms with Crippen LogP contribution in [0.4, 0.5) is 0 Å². The second-order valence-electron chi connectivity index (χ2n) is 5.48. The zero-order valence-electron chi connectivity index (χ0n) is 13.5. The van der Waals surface area contributed by atoms with Gasteiger partial charge in [0.25, 0.3) is 0 Å². The first-order chi connectivity index (χ1) is 9.58. The fourth-order valence-electron chi connectivity index (χ4n) is 2.29. The van der Waals surface area contributed by atoms with Gasteiger partial charge in [-0.25, -0.2) is 0 Å². The third kappa shape index (κ3) is 7.30. The maximum Gasteiger partial charge on any atom is 0.222 e. The first-order valence-corrected chi connectivity index (χ1v) is 7.30. The molecule has 1 fully saturated rings. The van der Waals surface area contributed by atoms with Gasteiger partial charge in [0.05, 0.1) is 6.61 Å². The second kappa shape index (κ2) is 11.1. The Morgan fingerprint density at radius 1 is 1.38 bits per heavy atom. The fourth-order valence-corrected chi connectivity index (χ4v) is 2.29. The standard InChI is InChI=1S/C14H28N4O2.HI/c1-11(2)13(19)16-6-7-17-14(15-3)18-8-5-12(9-18)10-20-4;/h11-12H,5-10H2,1-4H3,(H,15,17)(H,16,19);1H. The normalized spacial score (nSPS) is 18.6. The van der Waals surface area contributed by atoms with E-state index in [-0.39, 0.29) is 35.8 Å². The second-order valence-corrected chi connectivity index (χ2v) is 5.48. The third-order valence-electron chi connectivity index (χ3n) is 3.43. The molecule has 6 nitrogen and oxygen atoms in total. The van der Waals surface area contributed by atoms with E-state index < -0.39 is 0 Å². The molecule has 7 heteroatoms. The Balaban J connectivity index is 0.00000400. The molecule has 1 rings (SSSR count). The number of aliphatic imine (C=N–C) groups is 1. The van der Waals surface area contributed by atoms with Crippen molar-refractivity contribution in [2.45, 2.75) is 20.3 Å². The molecule has 1 unspecified atom stereocenters. The Labute approximate surface area is 145 Å². The van der Waals surface area contributed by atoms with Crippen LogP contribution >= 0.6 is 24.0 Å². The van der Waals surface area contributed by atoms with Crippen molar-refractivity contribution in [3.8, 4) is 0 Å². The number of amides is 1. The summed E-state index contributed by atoms with van der Waals surface area (Å²) in [6.07, 6.45) is 1.14. The highest BCUT2D eigenvalue weighted by molar-refractivity contribution is 14.0. The number of hydrogen-bond donors (Lipinski definition) is 2. The number of ether oxygens (including phenoxy) is 1. The first-order valence-electron chi connectivity index (χ1n) is 7.30. The predicted molar refractivity (Wildman–Crippen MR) is 96.2 cm³/mol. The minimum atomic E-state index is 0. The quantitative estimate of drug-likeness (QED) is 0.295. The van der Waals surface area contributed by atoms with E-state index in [0.29, 0.717) is 19.0 Å². The van der Waals surface area contributed by atoms with Crippen molar-refractivity contribution in [3.63, 3.8) is 0 Å². The molecule has 124 valence electrons. The van der Waals surface area contributed by atoms with Crippen LogP contribution in [0.2, 0.25) is 0 Å². The van der Waals surface area contributed by atoms with Crippen LogP contribution in [0.1, 0.15) is 20.3 Å². The van der Waals surface area contributed by atoms with Crippen molar-refractivity contribution in [2.75, 3.05) is 46.9 Å². The number of methoxy groups -OCH3 is 1. The van der Waals surface area contributed by atoms with Gasteiger partial charge in [-0.15, -0.1) is 24.0 Å². The molecule has 0 bridgehead atoms. The highest BCUT2D eigenvalue weighted by Gasteiger charge is 2.24. The monoisotopic (exact) mass is 412 g/mol. The van der Waals surface area contributed by atoms with Crippen LogP contribution < -0.4 is 10.6 Å². The van der Waals surface area contributed by atoms with Crippen molar-refractivity contribution < 1.29 is 9.53 Å². The molecule has 0 radical (unpaired) electrons. The lowest BCUT2D eigenvalue weighted by Gasteiger charge is -2.21. The van der Waals surface area contributed by atoms with Crippen LogP contribution in [-0.4, -0.2) is 63.7 Å². The Hall–Kier alpha value is -0.570. The summed E-state index contributed by atoms with van der Waals surface area (Å²) < 4.78 is 5.20. The van der Waals surface area contributed by atoms with Crippen molar-refractivity contribution in [1.29, 1.82) is 0 Å². The number of carbonyl (C=O) groups excluding carboxylic acids is 1. The Morgan fingerprint density at radius 3 is 2.62 bits per heavy atom. The van der Waals surface area contributed by atoms with E-state index in [0.717, 1.165) is 32.1 Å². The van der Waals surface area contributed by atoms with Gasteiger partial charge in [-0.2, -0.15) is 0 Å². The summed E-state index contributed by atoms with van der Waals surface area (Å²) in [6.45, 7) is 7.88. The molecule has 1 aliphatic rings. The number of guanidine groups is 1. The van der Waals surface area contributed by atoms with Gasteiger partial charge in [-0.05, 0) is 6.42 Å². The summed E-state index contributed by atoms with van der Waals surface area (Å²) in [7, 11) is 3.53. The number of halogens is 1. The highest BCUT2D eigenvalue weighted by atomic mass is 127. The average molecular weight is 412 g/mol. The molecule has 1 heterocycles. The van der Waals surface area contributed by atoms with E-state index >= 15 is 0 Å². The minimum absolute atomic E-state index is 0. The largest absolute Gasteiger partial charge is 0.384 e. The van der Waals surface area contributed by atoms with Gasteiger partial charge in [0, 0.05) is 52.2 Å². The van der Waals surface area contributed by atoms with Gasteiger partial charge >= 0.3 is 0 Å². The number of nitrogens with one attached hydrogen (secondary N) is 2. The molecular weight excluding hydrogens is 383 g/mol. The molecule has 0 aromatic carbocycles. The Morgan fingerprint density at radius 2 is 2.05 bits per heavy atom. The molecule has 1 saturated heterocycles. The van der Waals surface area contributed by atoms with Gasteiger partial charge in [0.2, 0.25) is 5.91 Å². The Bertz CT molecular complexity index is 337. The van der Waals surface area contributed by atoms with E-state index in [9.17, 15) is 4.79 Å². The summed E-state index contributed by atoms with van der Waals surface area (Å²) in [5.74, 6) is 1.60. The first kappa shape index (κ1) is 20.4. The van der Waals surface area contributed by atoms with Crippen molar-refractivity contribution in [2.24, 2.45) is 16.8 Å². The third-order valence-corrected chi connectivity index (χ3v) is 3.43. The fraction of sp³-hybridized carbons (Fsp3) is 0.857. The van der Waals surface area contributed by atoms with Crippen LogP contribution in [-0.2, 0) is 9.53 Å². The molecule has 0 aliphatic carbocycles. The number of likely N-dealkylation sites (tertiary alicyclic amines) is 1. The maximum atomic E-state index is 11.4. The SMILES string of the molecule is CN=C(NCCNC(=O)C(C)C)N1CCC(COC)C1.I. The van der Waals surface area contributed by atoms with Crippen molar-refractivity contribution in [3.05, 3.63) is 0 Å². The van der Waals surface area contributed by atoms with Gasteiger partial charge in [0.15, 0.2) is 5.96 Å². The molecule has 0 aromatic rings. The maximum absolute atomic E-state index is 11.4. The lowest BCUT2D eigenvalue weighted by molar-refractivity contribution is -0.123. The number of nitrogens with zero attached hydrogens (tertiary/aromatic N) is 2. The molecule has 1 amide bonds. The molecule has 0 saturated carbocycles. The molecule has 0 spiro atoms. The smallest absolute Gasteiger partial charge is 0.222 e. The zero-order chi connectivity index (χ0) is 15.0.